The first-order valence-corrected chi connectivity index (χ1v) is 9.53. The maximum Gasteiger partial charge on any atom is 0.333 e. The van der Waals surface area contributed by atoms with Gasteiger partial charge in [-0.05, 0) is 20.8 Å². The largest absolute Gasteiger partial charge is 0.462 e. The SMILES string of the molecule is C=C(C)C(=O)OCCC(C)OC(=O)C(=C)C.C=CC(=O)OCC(C)(C)COC(=O)C=C. The average molecular weight is 439 g/mol. The highest BCUT2D eigenvalue weighted by Crippen LogP contribution is 2.16. The Morgan fingerprint density at radius 2 is 1.26 bits per heavy atom. The molecule has 0 aliphatic rings. The van der Waals surface area contributed by atoms with Crippen LogP contribution in [0.3, 0.4) is 0 Å². The Morgan fingerprint density at radius 1 is 0.839 bits per heavy atom. The van der Waals surface area contributed by atoms with E-state index in [1.54, 1.807) is 20.8 Å². The van der Waals surface area contributed by atoms with Crippen LogP contribution in [0.1, 0.15) is 41.0 Å². The molecule has 0 N–H and O–H groups in total. The molecule has 1 unspecified atom stereocenters. The van der Waals surface area contributed by atoms with Crippen LogP contribution in [0, 0.1) is 5.41 Å². The molecular formula is C23H34O8. The summed E-state index contributed by atoms with van der Waals surface area (Å²) < 4.78 is 19.6. The van der Waals surface area contributed by atoms with E-state index in [9.17, 15) is 19.2 Å². The molecule has 0 bridgehead atoms. The minimum Gasteiger partial charge on any atom is -0.462 e. The van der Waals surface area contributed by atoms with E-state index in [-0.39, 0.29) is 25.9 Å². The monoisotopic (exact) mass is 438 g/mol. The molecule has 174 valence electrons. The fourth-order valence-electron chi connectivity index (χ4n) is 1.48. The van der Waals surface area contributed by atoms with Gasteiger partial charge < -0.3 is 18.9 Å². The summed E-state index contributed by atoms with van der Waals surface area (Å²) >= 11 is 0. The number of rotatable bonds is 12. The summed E-state index contributed by atoms with van der Waals surface area (Å²) in [7, 11) is 0. The summed E-state index contributed by atoms with van der Waals surface area (Å²) in [4.78, 5) is 43.7. The number of esters is 4. The van der Waals surface area contributed by atoms with Crippen molar-refractivity contribution >= 4 is 23.9 Å². The summed E-state index contributed by atoms with van der Waals surface area (Å²) in [5.74, 6) is -1.84. The maximum absolute atomic E-state index is 11.1. The molecule has 1 atom stereocenters. The van der Waals surface area contributed by atoms with Crippen molar-refractivity contribution in [1.29, 1.82) is 0 Å². The zero-order valence-corrected chi connectivity index (χ0v) is 19.2. The van der Waals surface area contributed by atoms with Crippen molar-refractivity contribution in [2.24, 2.45) is 5.41 Å². The van der Waals surface area contributed by atoms with E-state index < -0.39 is 29.3 Å². The zero-order valence-electron chi connectivity index (χ0n) is 19.2. The van der Waals surface area contributed by atoms with E-state index in [2.05, 4.69) is 26.3 Å². The van der Waals surface area contributed by atoms with Crippen LogP contribution in [0.2, 0.25) is 0 Å². The van der Waals surface area contributed by atoms with Gasteiger partial charge in [-0.15, -0.1) is 0 Å². The maximum atomic E-state index is 11.1. The minimum atomic E-state index is -0.488. The first kappa shape index (κ1) is 30.0. The predicted octanol–water partition coefficient (Wildman–Crippen LogP) is 3.47. The van der Waals surface area contributed by atoms with Crippen molar-refractivity contribution in [3.05, 3.63) is 49.6 Å². The molecule has 0 aliphatic heterocycles. The molecule has 0 aromatic rings. The highest BCUT2D eigenvalue weighted by molar-refractivity contribution is 5.87. The Balaban J connectivity index is 0. The van der Waals surface area contributed by atoms with Gasteiger partial charge in [-0.3, -0.25) is 0 Å². The Labute approximate surface area is 184 Å². The first-order chi connectivity index (χ1) is 14.3. The number of ether oxygens (including phenoxy) is 4. The van der Waals surface area contributed by atoms with Gasteiger partial charge in [-0.25, -0.2) is 19.2 Å². The van der Waals surface area contributed by atoms with Crippen LogP contribution < -0.4 is 0 Å². The minimum absolute atomic E-state index is 0.169. The standard InChI is InChI=1S/C12H18O4.C11H16O4/c1-8(2)11(13)15-7-6-10(5)16-12(14)9(3)4;1-5-9(12)14-7-11(3,4)8-15-10(13)6-2/h10H,1,3,6-7H2,2,4-5H3;5-6H,1-2,7-8H2,3-4H3. The van der Waals surface area contributed by atoms with Gasteiger partial charge in [0.1, 0.15) is 6.10 Å². The van der Waals surface area contributed by atoms with E-state index in [1.807, 2.05) is 13.8 Å². The third-order valence-electron chi connectivity index (χ3n) is 3.31. The topological polar surface area (TPSA) is 105 Å². The summed E-state index contributed by atoms with van der Waals surface area (Å²) in [5, 5.41) is 0. The van der Waals surface area contributed by atoms with Gasteiger partial charge in [0.15, 0.2) is 0 Å². The lowest BCUT2D eigenvalue weighted by atomic mass is 9.96. The molecule has 0 radical (unpaired) electrons. The van der Waals surface area contributed by atoms with Crippen LogP contribution in [0.4, 0.5) is 0 Å². The second-order valence-corrected chi connectivity index (χ2v) is 7.49. The molecule has 0 fully saturated rings. The third kappa shape index (κ3) is 17.4. The van der Waals surface area contributed by atoms with Crippen molar-refractivity contribution in [2.45, 2.75) is 47.1 Å². The molecule has 0 saturated carbocycles. The van der Waals surface area contributed by atoms with Crippen molar-refractivity contribution in [1.82, 2.24) is 0 Å². The Kier molecular flexibility index (Phi) is 15.2. The van der Waals surface area contributed by atoms with Gasteiger partial charge >= 0.3 is 23.9 Å². The summed E-state index contributed by atoms with van der Waals surface area (Å²) in [6.07, 6.45) is 2.33. The van der Waals surface area contributed by atoms with Crippen LogP contribution in [-0.2, 0) is 38.1 Å². The molecule has 0 rings (SSSR count). The highest BCUT2D eigenvalue weighted by Gasteiger charge is 2.21. The zero-order chi connectivity index (χ0) is 24.6. The van der Waals surface area contributed by atoms with Gasteiger partial charge in [0.25, 0.3) is 0 Å². The first-order valence-electron chi connectivity index (χ1n) is 9.53. The van der Waals surface area contributed by atoms with E-state index in [4.69, 9.17) is 18.9 Å². The fourth-order valence-corrected chi connectivity index (χ4v) is 1.48. The Hall–Kier alpha value is -3.16. The normalized spacial score (nSPS) is 10.9. The molecular weight excluding hydrogens is 404 g/mol. The van der Waals surface area contributed by atoms with Crippen LogP contribution in [0.25, 0.3) is 0 Å². The van der Waals surface area contributed by atoms with E-state index in [0.717, 1.165) is 12.2 Å². The molecule has 0 spiro atoms. The van der Waals surface area contributed by atoms with Crippen molar-refractivity contribution in [3.8, 4) is 0 Å². The number of hydrogen-bond donors (Lipinski definition) is 0. The highest BCUT2D eigenvalue weighted by atomic mass is 16.6. The molecule has 31 heavy (non-hydrogen) atoms. The van der Waals surface area contributed by atoms with Gasteiger partial charge in [-0.1, -0.05) is 40.2 Å². The summed E-state index contributed by atoms with van der Waals surface area (Å²) in [6, 6.07) is 0. The second kappa shape index (κ2) is 15.6. The predicted molar refractivity (Wildman–Crippen MR) is 117 cm³/mol. The van der Waals surface area contributed by atoms with Gasteiger partial charge in [0.05, 0.1) is 19.8 Å². The van der Waals surface area contributed by atoms with Crippen LogP contribution in [0.5, 0.6) is 0 Å². The van der Waals surface area contributed by atoms with Crippen LogP contribution in [0.15, 0.2) is 49.6 Å². The number of hydrogen-bond acceptors (Lipinski definition) is 8. The van der Waals surface area contributed by atoms with E-state index >= 15 is 0 Å². The van der Waals surface area contributed by atoms with Crippen molar-refractivity contribution in [3.63, 3.8) is 0 Å². The van der Waals surface area contributed by atoms with Crippen molar-refractivity contribution < 1.29 is 38.1 Å². The molecule has 0 heterocycles. The average Bonchev–Trinajstić information content (AvgIpc) is 2.70. The Morgan fingerprint density at radius 3 is 1.61 bits per heavy atom. The summed E-state index contributed by atoms with van der Waals surface area (Å²) in [5.41, 5.74) is 0.287. The van der Waals surface area contributed by atoms with Gasteiger partial charge in [0, 0.05) is 35.1 Å². The fraction of sp³-hybridized carbons (Fsp3) is 0.478. The van der Waals surface area contributed by atoms with Crippen LogP contribution in [-0.4, -0.2) is 49.8 Å². The lowest BCUT2D eigenvalue weighted by Gasteiger charge is -2.22. The van der Waals surface area contributed by atoms with Gasteiger partial charge in [-0.2, -0.15) is 0 Å². The van der Waals surface area contributed by atoms with E-state index in [1.165, 1.54) is 0 Å². The lowest BCUT2D eigenvalue weighted by Crippen LogP contribution is -2.27. The molecule has 0 aromatic heterocycles. The second-order valence-electron chi connectivity index (χ2n) is 7.49. The molecule has 0 aromatic carbocycles. The lowest BCUT2D eigenvalue weighted by molar-refractivity contribution is -0.147. The number of carbonyl (C=O) groups excluding carboxylic acids is 4. The summed E-state index contributed by atoms with van der Waals surface area (Å²) in [6.45, 7) is 22.5. The Bertz CT molecular complexity index is 662. The number of carbonyl (C=O) groups is 4. The molecule has 0 saturated heterocycles. The van der Waals surface area contributed by atoms with Crippen molar-refractivity contribution in [2.75, 3.05) is 19.8 Å². The molecule has 0 amide bonds. The molecule has 8 nitrogen and oxygen atoms in total. The molecule has 0 aliphatic carbocycles. The van der Waals surface area contributed by atoms with E-state index in [0.29, 0.717) is 17.6 Å². The molecule has 8 heteroatoms. The third-order valence-corrected chi connectivity index (χ3v) is 3.31. The smallest absolute Gasteiger partial charge is 0.333 e. The van der Waals surface area contributed by atoms with Gasteiger partial charge in [0.2, 0.25) is 0 Å². The quantitative estimate of drug-likeness (QED) is 0.259. The van der Waals surface area contributed by atoms with Crippen LogP contribution >= 0.6 is 0 Å².